The van der Waals surface area contributed by atoms with Crippen molar-refractivity contribution >= 4 is 29.6 Å². The summed E-state index contributed by atoms with van der Waals surface area (Å²) in [4.78, 5) is 47.4. The molecule has 0 bridgehead atoms. The number of rotatable bonds is 22. The van der Waals surface area contributed by atoms with Crippen molar-refractivity contribution in [3.8, 4) is 23.0 Å². The third-order valence-corrected chi connectivity index (χ3v) is 7.01. The first-order chi connectivity index (χ1) is 23.8. The Bertz CT molecular complexity index is 1530. The molecule has 0 saturated heterocycles. The number of hydrogen-bond donors (Lipinski definition) is 1. The molecule has 3 aromatic rings. The number of carbonyl (C=O) groups excluding carboxylic acids is 4. The van der Waals surface area contributed by atoms with Gasteiger partial charge in [0.1, 0.15) is 17.2 Å². The van der Waals surface area contributed by atoms with Crippen molar-refractivity contribution in [1.82, 2.24) is 0 Å². The Balaban J connectivity index is 1.35. The maximum atomic E-state index is 12.7. The van der Waals surface area contributed by atoms with E-state index in [0.29, 0.717) is 49.1 Å². The molecule has 3 aromatic carbocycles. The van der Waals surface area contributed by atoms with Gasteiger partial charge in [0.25, 0.3) is 0 Å². The summed E-state index contributed by atoms with van der Waals surface area (Å²) in [5.41, 5.74) is 6.85. The molecule has 0 aliphatic rings. The van der Waals surface area contributed by atoms with Crippen LogP contribution in [-0.4, -0.2) is 50.3 Å². The van der Waals surface area contributed by atoms with Gasteiger partial charge in [-0.25, -0.2) is 19.2 Å². The van der Waals surface area contributed by atoms with E-state index >= 15 is 0 Å². The molecule has 0 aromatic heterocycles. The van der Waals surface area contributed by atoms with E-state index in [4.69, 9.17) is 34.2 Å². The Hall–Kier alpha value is -5.58. The molecule has 49 heavy (non-hydrogen) atoms. The van der Waals surface area contributed by atoms with Gasteiger partial charge in [-0.05, 0) is 112 Å². The van der Waals surface area contributed by atoms with Crippen LogP contribution in [0.1, 0.15) is 72.1 Å². The van der Waals surface area contributed by atoms with Crippen molar-refractivity contribution in [3.05, 3.63) is 103 Å². The molecule has 11 nitrogen and oxygen atoms in total. The number of unbranched alkanes of at least 4 members (excludes halogenated alkanes) is 6. The van der Waals surface area contributed by atoms with E-state index in [2.05, 4.69) is 13.2 Å². The maximum absolute atomic E-state index is 12.7. The quantitative estimate of drug-likeness (QED) is 0.0384. The molecule has 11 heteroatoms. The van der Waals surface area contributed by atoms with Gasteiger partial charge in [-0.1, -0.05) is 13.2 Å². The van der Waals surface area contributed by atoms with Gasteiger partial charge >= 0.3 is 23.9 Å². The SMILES string of the molecule is C=CC(=O)OCCCCCCOc1ccc(C(=O)Oc2ccc(OC(=O)c3ccc(OCCCCCCOC(=O)C=C)cc3)c(N)c2)cc1. The highest BCUT2D eigenvalue weighted by atomic mass is 16.5. The molecule has 2 N–H and O–H groups in total. The van der Waals surface area contributed by atoms with Crippen LogP contribution < -0.4 is 24.7 Å². The Labute approximate surface area is 286 Å². The molecular formula is C38H43NO10. The zero-order valence-corrected chi connectivity index (χ0v) is 27.6. The van der Waals surface area contributed by atoms with Crippen molar-refractivity contribution < 1.29 is 47.6 Å². The van der Waals surface area contributed by atoms with Crippen LogP contribution in [0.3, 0.4) is 0 Å². The topological polar surface area (TPSA) is 150 Å². The fourth-order valence-electron chi connectivity index (χ4n) is 4.34. The van der Waals surface area contributed by atoms with Crippen LogP contribution in [0.25, 0.3) is 0 Å². The van der Waals surface area contributed by atoms with Gasteiger partial charge < -0.3 is 34.2 Å². The largest absolute Gasteiger partial charge is 0.494 e. The first kappa shape index (κ1) is 37.9. The highest BCUT2D eigenvalue weighted by Crippen LogP contribution is 2.28. The number of esters is 4. The van der Waals surface area contributed by atoms with E-state index in [1.54, 1.807) is 48.5 Å². The summed E-state index contributed by atoms with van der Waals surface area (Å²) in [7, 11) is 0. The van der Waals surface area contributed by atoms with Crippen molar-refractivity contribution in [1.29, 1.82) is 0 Å². The molecule has 0 unspecified atom stereocenters. The summed E-state index contributed by atoms with van der Waals surface area (Å²) in [5.74, 6) is -0.436. The van der Waals surface area contributed by atoms with Gasteiger partial charge in [-0.3, -0.25) is 0 Å². The fraction of sp³-hybridized carbons (Fsp3) is 0.316. The van der Waals surface area contributed by atoms with Gasteiger partial charge in [0, 0.05) is 18.2 Å². The van der Waals surface area contributed by atoms with Crippen LogP contribution in [0, 0.1) is 0 Å². The lowest BCUT2D eigenvalue weighted by Gasteiger charge is -2.11. The molecule has 0 radical (unpaired) electrons. The van der Waals surface area contributed by atoms with Crippen LogP contribution in [0.15, 0.2) is 92.0 Å². The highest BCUT2D eigenvalue weighted by molar-refractivity contribution is 5.93. The van der Waals surface area contributed by atoms with E-state index in [-0.39, 0.29) is 17.2 Å². The molecule has 0 heterocycles. The van der Waals surface area contributed by atoms with Gasteiger partial charge in [0.05, 0.1) is 43.2 Å². The third kappa shape index (κ3) is 14.4. The monoisotopic (exact) mass is 673 g/mol. The molecule has 0 aliphatic carbocycles. The predicted molar refractivity (Wildman–Crippen MR) is 184 cm³/mol. The normalized spacial score (nSPS) is 10.4. The van der Waals surface area contributed by atoms with Crippen LogP contribution >= 0.6 is 0 Å². The van der Waals surface area contributed by atoms with E-state index in [0.717, 1.165) is 63.5 Å². The second-order valence-electron chi connectivity index (χ2n) is 10.8. The number of anilines is 1. The summed E-state index contributed by atoms with van der Waals surface area (Å²) in [6, 6.07) is 17.5. The van der Waals surface area contributed by atoms with E-state index in [1.165, 1.54) is 18.2 Å². The molecule has 3 rings (SSSR count). The number of ether oxygens (including phenoxy) is 6. The lowest BCUT2D eigenvalue weighted by atomic mass is 10.2. The minimum absolute atomic E-state index is 0.124. The summed E-state index contributed by atoms with van der Waals surface area (Å²) < 4.78 is 32.3. The average molecular weight is 674 g/mol. The van der Waals surface area contributed by atoms with Crippen molar-refractivity contribution in [2.75, 3.05) is 32.2 Å². The van der Waals surface area contributed by atoms with E-state index < -0.39 is 23.9 Å². The van der Waals surface area contributed by atoms with Crippen LogP contribution in [0.4, 0.5) is 5.69 Å². The predicted octanol–water partition coefficient (Wildman–Crippen LogP) is 7.04. The minimum Gasteiger partial charge on any atom is -0.494 e. The molecular weight excluding hydrogens is 630 g/mol. The van der Waals surface area contributed by atoms with Crippen LogP contribution in [-0.2, 0) is 19.1 Å². The molecule has 0 fully saturated rings. The number of carbonyl (C=O) groups is 4. The molecule has 0 saturated carbocycles. The molecule has 0 amide bonds. The first-order valence-corrected chi connectivity index (χ1v) is 16.2. The average Bonchev–Trinajstić information content (AvgIpc) is 3.11. The zero-order valence-electron chi connectivity index (χ0n) is 27.6. The fourth-order valence-corrected chi connectivity index (χ4v) is 4.34. The minimum atomic E-state index is -0.603. The molecule has 0 spiro atoms. The number of benzene rings is 3. The lowest BCUT2D eigenvalue weighted by molar-refractivity contribution is -0.138. The van der Waals surface area contributed by atoms with Crippen LogP contribution in [0.5, 0.6) is 23.0 Å². The number of nitrogen functional groups attached to an aromatic ring is 1. The van der Waals surface area contributed by atoms with Gasteiger partial charge in [-0.2, -0.15) is 0 Å². The van der Waals surface area contributed by atoms with Crippen molar-refractivity contribution in [2.45, 2.75) is 51.4 Å². The van der Waals surface area contributed by atoms with Gasteiger partial charge in [-0.15, -0.1) is 0 Å². The second-order valence-corrected chi connectivity index (χ2v) is 10.8. The Kier molecular flexibility index (Phi) is 16.5. The summed E-state index contributed by atoms with van der Waals surface area (Å²) in [6.45, 7) is 8.51. The van der Waals surface area contributed by atoms with Gasteiger partial charge in [0.2, 0.25) is 0 Å². The van der Waals surface area contributed by atoms with E-state index in [1.807, 2.05) is 0 Å². The molecule has 260 valence electrons. The first-order valence-electron chi connectivity index (χ1n) is 16.2. The smallest absolute Gasteiger partial charge is 0.343 e. The maximum Gasteiger partial charge on any atom is 0.343 e. The van der Waals surface area contributed by atoms with Crippen molar-refractivity contribution in [2.24, 2.45) is 0 Å². The zero-order chi connectivity index (χ0) is 35.3. The van der Waals surface area contributed by atoms with Crippen molar-refractivity contribution in [3.63, 3.8) is 0 Å². The number of hydrogen-bond acceptors (Lipinski definition) is 11. The van der Waals surface area contributed by atoms with E-state index in [9.17, 15) is 19.2 Å². The van der Waals surface area contributed by atoms with Crippen LogP contribution in [0.2, 0.25) is 0 Å². The second kappa shape index (κ2) is 21.3. The molecule has 0 aliphatic heterocycles. The molecule has 0 atom stereocenters. The summed E-state index contributed by atoms with van der Waals surface area (Å²) in [6.07, 6.45) is 9.24. The Morgan fingerprint density at radius 1 is 0.531 bits per heavy atom. The highest BCUT2D eigenvalue weighted by Gasteiger charge is 2.14. The standard InChI is InChI=1S/C38H43NO10/c1-3-35(40)46-25-11-7-5-9-23-44-30-17-13-28(14-18-30)37(42)48-32-21-22-34(33(39)27-32)49-38(43)29-15-19-31(20-16-29)45-24-10-6-8-12-26-47-36(41)4-2/h3-4,13-22,27H,1-2,5-12,23-26,39H2. The Morgan fingerprint density at radius 3 is 1.37 bits per heavy atom. The number of nitrogens with two attached hydrogens (primary N) is 1. The van der Waals surface area contributed by atoms with Gasteiger partial charge in [0.15, 0.2) is 5.75 Å². The Morgan fingerprint density at radius 2 is 0.939 bits per heavy atom. The summed E-state index contributed by atoms with van der Waals surface area (Å²) >= 11 is 0. The lowest BCUT2D eigenvalue weighted by Crippen LogP contribution is -2.11. The third-order valence-electron chi connectivity index (χ3n) is 7.01. The summed E-state index contributed by atoms with van der Waals surface area (Å²) in [5, 5.41) is 0.